The number of aliphatic hydroxyl groups excluding tert-OH is 1. The first-order chi connectivity index (χ1) is 14.9. The summed E-state index contributed by atoms with van der Waals surface area (Å²) in [5, 5.41) is 11.5. The topological polar surface area (TPSA) is 77.5 Å². The maximum atomic E-state index is 12.3. The van der Waals surface area contributed by atoms with Crippen molar-refractivity contribution in [3.05, 3.63) is 46.5 Å². The molecule has 0 spiro atoms. The van der Waals surface area contributed by atoms with Crippen LogP contribution in [0.2, 0.25) is 0 Å². The smallest absolute Gasteiger partial charge is 0.231 e. The molecule has 4 aliphatic rings. The molecule has 7 heteroatoms. The molecule has 1 aliphatic carbocycles. The number of nitrogens with zero attached hydrogens (tertiary/aromatic N) is 1. The van der Waals surface area contributed by atoms with Gasteiger partial charge in [-0.1, -0.05) is 13.0 Å². The van der Waals surface area contributed by atoms with E-state index >= 15 is 0 Å². The first kappa shape index (κ1) is 19.0. The van der Waals surface area contributed by atoms with Crippen LogP contribution in [-0.4, -0.2) is 42.5 Å². The Hall–Kier alpha value is -2.77. The second-order valence-electron chi connectivity index (χ2n) is 9.16. The molecule has 0 radical (unpaired) electrons. The quantitative estimate of drug-likeness (QED) is 0.796. The lowest BCUT2D eigenvalue weighted by molar-refractivity contribution is -0.119. The molecule has 0 unspecified atom stereocenters. The van der Waals surface area contributed by atoms with Gasteiger partial charge in [0.1, 0.15) is 5.78 Å². The summed E-state index contributed by atoms with van der Waals surface area (Å²) < 4.78 is 22.7. The molecular formula is C24H25NO6. The van der Waals surface area contributed by atoms with Crippen molar-refractivity contribution in [3.63, 3.8) is 0 Å². The Morgan fingerprint density at radius 3 is 2.61 bits per heavy atom. The molecule has 31 heavy (non-hydrogen) atoms. The minimum atomic E-state index is -0.620. The third-order valence-electron chi connectivity index (χ3n) is 7.47. The zero-order valence-corrected chi connectivity index (χ0v) is 17.8. The summed E-state index contributed by atoms with van der Waals surface area (Å²) in [6.07, 6.45) is 0.245. The number of likely N-dealkylation sites (N-methyl/N-ethyl adjacent to an activating group) is 1. The van der Waals surface area contributed by atoms with Crippen LogP contribution in [0.25, 0.3) is 0 Å². The normalized spacial score (nSPS) is 29.9. The molecule has 0 bridgehead atoms. The first-order valence-electron chi connectivity index (χ1n) is 10.6. The van der Waals surface area contributed by atoms with Crippen LogP contribution >= 0.6 is 0 Å². The Labute approximate surface area is 180 Å². The summed E-state index contributed by atoms with van der Waals surface area (Å²) in [7, 11) is 2.03. The number of carbonyl (C=O) groups is 1. The lowest BCUT2D eigenvalue weighted by atomic mass is 9.59. The summed E-state index contributed by atoms with van der Waals surface area (Å²) in [6, 6.07) is 7.66. The van der Waals surface area contributed by atoms with E-state index in [9.17, 15) is 9.90 Å². The minimum Gasteiger partial charge on any atom is -0.454 e. The Balaban J connectivity index is 1.61. The summed E-state index contributed by atoms with van der Waals surface area (Å²) in [5.41, 5.74) is 3.53. The maximum absolute atomic E-state index is 12.3. The van der Waals surface area contributed by atoms with Crippen molar-refractivity contribution in [2.75, 3.05) is 20.6 Å². The molecule has 0 aromatic heterocycles. The summed E-state index contributed by atoms with van der Waals surface area (Å²) in [6.45, 7) is 4.09. The van der Waals surface area contributed by atoms with Crippen LogP contribution < -0.4 is 18.9 Å². The molecule has 4 atom stereocenters. The van der Waals surface area contributed by atoms with Gasteiger partial charge in [0.05, 0.1) is 6.10 Å². The van der Waals surface area contributed by atoms with E-state index in [4.69, 9.17) is 18.9 Å². The van der Waals surface area contributed by atoms with E-state index in [1.54, 1.807) is 6.92 Å². The van der Waals surface area contributed by atoms with E-state index in [1.165, 1.54) is 0 Å². The van der Waals surface area contributed by atoms with E-state index in [2.05, 4.69) is 11.8 Å². The number of ether oxygens (including phenoxy) is 4. The highest BCUT2D eigenvalue weighted by atomic mass is 16.7. The van der Waals surface area contributed by atoms with Crippen LogP contribution in [0.5, 0.6) is 23.0 Å². The second kappa shape index (κ2) is 6.37. The molecule has 0 fully saturated rings. The largest absolute Gasteiger partial charge is 0.454 e. The molecule has 3 aliphatic heterocycles. The van der Waals surface area contributed by atoms with Gasteiger partial charge in [-0.25, -0.2) is 0 Å². The predicted octanol–water partition coefficient (Wildman–Crippen LogP) is 3.03. The standard InChI is InChI=1S/C24H25NO6/c1-12(26)6-16-21-15(4-5-17-22(21)31-11-28-17)24(2)20(27)8-13-7-18-19(30-10-29-18)9-14(13)23(24)25(16)3/h4-5,7,9,16,20,23,27H,6,8,10-11H2,1-3H3/t16-,20+,23-,24+/m1/s1. The zero-order valence-electron chi connectivity index (χ0n) is 17.8. The average molecular weight is 423 g/mol. The molecule has 2 aromatic carbocycles. The van der Waals surface area contributed by atoms with Crippen LogP contribution in [0.3, 0.4) is 0 Å². The van der Waals surface area contributed by atoms with Crippen molar-refractivity contribution < 1.29 is 28.8 Å². The number of hydrogen-bond donors (Lipinski definition) is 1. The molecular weight excluding hydrogens is 398 g/mol. The van der Waals surface area contributed by atoms with Crippen LogP contribution in [-0.2, 0) is 16.6 Å². The number of Topliss-reactive ketones (excluding diaryl/α,β-unsaturated/α-hetero) is 1. The van der Waals surface area contributed by atoms with Crippen molar-refractivity contribution in [1.82, 2.24) is 4.90 Å². The van der Waals surface area contributed by atoms with E-state index < -0.39 is 11.5 Å². The fourth-order valence-corrected chi connectivity index (χ4v) is 6.02. The van der Waals surface area contributed by atoms with Gasteiger partial charge in [0, 0.05) is 29.5 Å². The fourth-order valence-electron chi connectivity index (χ4n) is 6.02. The number of carbonyl (C=O) groups excluding carboxylic acids is 1. The van der Waals surface area contributed by atoms with Gasteiger partial charge in [0.2, 0.25) is 13.6 Å². The van der Waals surface area contributed by atoms with Gasteiger partial charge in [-0.2, -0.15) is 0 Å². The zero-order chi connectivity index (χ0) is 21.5. The molecule has 6 rings (SSSR count). The van der Waals surface area contributed by atoms with Crippen LogP contribution in [0.1, 0.15) is 54.6 Å². The number of fused-ring (bicyclic) bond motifs is 8. The van der Waals surface area contributed by atoms with Crippen LogP contribution in [0, 0.1) is 0 Å². The number of aliphatic hydroxyl groups is 1. The predicted molar refractivity (Wildman–Crippen MR) is 111 cm³/mol. The summed E-state index contributed by atoms with van der Waals surface area (Å²) in [5.74, 6) is 2.93. The van der Waals surface area contributed by atoms with Crippen molar-refractivity contribution in [2.45, 2.75) is 50.3 Å². The van der Waals surface area contributed by atoms with E-state index in [-0.39, 0.29) is 31.5 Å². The van der Waals surface area contributed by atoms with Crippen LogP contribution in [0.4, 0.5) is 0 Å². The van der Waals surface area contributed by atoms with Gasteiger partial charge >= 0.3 is 0 Å². The summed E-state index contributed by atoms with van der Waals surface area (Å²) >= 11 is 0. The van der Waals surface area contributed by atoms with Gasteiger partial charge in [-0.15, -0.1) is 0 Å². The SMILES string of the molecule is CC(=O)C[C@@H]1c2c(ccc3c2OCO3)[C@@]2(C)[C@@H](O)Cc3cc4c(cc3[C@H]2N1C)OCO4. The fraction of sp³-hybridized carbons (Fsp3) is 0.458. The maximum Gasteiger partial charge on any atom is 0.231 e. The van der Waals surface area contributed by atoms with Crippen molar-refractivity contribution in [2.24, 2.45) is 0 Å². The molecule has 7 nitrogen and oxygen atoms in total. The van der Waals surface area contributed by atoms with Gasteiger partial charge in [-0.3, -0.25) is 9.69 Å². The second-order valence-corrected chi connectivity index (χ2v) is 9.16. The van der Waals surface area contributed by atoms with Crippen molar-refractivity contribution >= 4 is 5.78 Å². The Morgan fingerprint density at radius 1 is 1.13 bits per heavy atom. The first-order valence-corrected chi connectivity index (χ1v) is 10.6. The molecule has 1 N–H and O–H groups in total. The molecule has 0 amide bonds. The molecule has 162 valence electrons. The third kappa shape index (κ3) is 2.44. The van der Waals surface area contributed by atoms with Crippen molar-refractivity contribution in [1.29, 1.82) is 0 Å². The Kier molecular flexibility index (Phi) is 3.90. The van der Waals surface area contributed by atoms with Crippen LogP contribution in [0.15, 0.2) is 24.3 Å². The third-order valence-corrected chi connectivity index (χ3v) is 7.47. The van der Waals surface area contributed by atoms with Gasteiger partial charge in [0.15, 0.2) is 23.0 Å². The Bertz CT molecular complexity index is 1110. The van der Waals surface area contributed by atoms with Gasteiger partial charge in [0.25, 0.3) is 0 Å². The lowest BCUT2D eigenvalue weighted by Gasteiger charge is -2.56. The lowest BCUT2D eigenvalue weighted by Crippen LogP contribution is -2.56. The van der Waals surface area contributed by atoms with Crippen molar-refractivity contribution in [3.8, 4) is 23.0 Å². The molecule has 0 saturated heterocycles. The average Bonchev–Trinajstić information content (AvgIpc) is 3.38. The van der Waals surface area contributed by atoms with E-state index in [0.717, 1.165) is 33.8 Å². The Morgan fingerprint density at radius 2 is 1.84 bits per heavy atom. The highest BCUT2D eigenvalue weighted by Gasteiger charge is 2.56. The van der Waals surface area contributed by atoms with Gasteiger partial charge in [-0.05, 0) is 55.3 Å². The molecule has 2 aromatic rings. The van der Waals surface area contributed by atoms with E-state index in [1.807, 2.05) is 31.3 Å². The highest BCUT2D eigenvalue weighted by Crippen LogP contribution is 2.60. The molecule has 3 heterocycles. The van der Waals surface area contributed by atoms with E-state index in [0.29, 0.717) is 24.3 Å². The number of benzene rings is 2. The highest BCUT2D eigenvalue weighted by molar-refractivity contribution is 5.77. The monoisotopic (exact) mass is 423 g/mol. The number of ketones is 1. The number of hydrogen-bond acceptors (Lipinski definition) is 7. The minimum absolute atomic E-state index is 0.102. The number of rotatable bonds is 2. The summed E-state index contributed by atoms with van der Waals surface area (Å²) in [4.78, 5) is 14.5. The van der Waals surface area contributed by atoms with Gasteiger partial charge < -0.3 is 24.1 Å². The molecule has 0 saturated carbocycles.